The first kappa shape index (κ1) is 23.1. The zero-order chi connectivity index (χ0) is 23.4. The van der Waals surface area contributed by atoms with Gasteiger partial charge in [0, 0.05) is 51.5 Å². The number of ether oxygens (including phenoxy) is 1. The topological polar surface area (TPSA) is 106 Å². The number of nitrogens with one attached hydrogen (secondary N) is 1. The van der Waals surface area contributed by atoms with Crippen LogP contribution in [0.2, 0.25) is 0 Å². The second kappa shape index (κ2) is 10.2. The van der Waals surface area contributed by atoms with Crippen molar-refractivity contribution in [2.24, 2.45) is 5.92 Å². The lowest BCUT2D eigenvalue weighted by atomic mass is 9.86. The molecule has 1 aromatic carbocycles. The van der Waals surface area contributed by atoms with Gasteiger partial charge in [-0.2, -0.15) is 0 Å². The number of nitrogens with zero attached hydrogens (tertiary/aromatic N) is 4. The van der Waals surface area contributed by atoms with Crippen molar-refractivity contribution in [1.29, 1.82) is 0 Å². The van der Waals surface area contributed by atoms with E-state index in [4.69, 9.17) is 4.74 Å². The molecule has 0 aliphatic carbocycles. The molecule has 2 saturated heterocycles. The van der Waals surface area contributed by atoms with Gasteiger partial charge in [-0.25, -0.2) is 10.3 Å². The number of anilines is 1. The molecule has 3 amide bonds. The zero-order valence-electron chi connectivity index (χ0n) is 18.8. The maximum atomic E-state index is 13.5. The van der Waals surface area contributed by atoms with Crippen LogP contribution in [0.4, 0.5) is 10.5 Å². The lowest BCUT2D eigenvalue weighted by Gasteiger charge is -2.44. The minimum absolute atomic E-state index is 0.146. The number of carbonyl (C=O) groups excluding carboxylic acids is 3. The Morgan fingerprint density at radius 2 is 1.67 bits per heavy atom. The van der Waals surface area contributed by atoms with Crippen molar-refractivity contribution in [3.05, 3.63) is 42.5 Å². The second-order valence-electron chi connectivity index (χ2n) is 8.73. The van der Waals surface area contributed by atoms with Gasteiger partial charge in [-0.1, -0.05) is 30.4 Å². The molecule has 10 nitrogen and oxygen atoms in total. The first-order valence-corrected chi connectivity index (χ1v) is 11.3. The van der Waals surface area contributed by atoms with E-state index in [1.807, 2.05) is 42.5 Å². The van der Waals surface area contributed by atoms with Crippen LogP contribution in [0.25, 0.3) is 0 Å². The van der Waals surface area contributed by atoms with Crippen molar-refractivity contribution in [3.63, 3.8) is 0 Å². The predicted octanol–water partition coefficient (Wildman–Crippen LogP) is 0.538. The molecule has 3 atom stereocenters. The zero-order valence-corrected chi connectivity index (χ0v) is 18.8. The van der Waals surface area contributed by atoms with Gasteiger partial charge in [-0.05, 0) is 25.6 Å². The summed E-state index contributed by atoms with van der Waals surface area (Å²) in [6, 6.07) is 9.32. The van der Waals surface area contributed by atoms with Crippen LogP contribution in [0.1, 0.15) is 6.42 Å². The van der Waals surface area contributed by atoms with Crippen molar-refractivity contribution in [2.45, 2.75) is 18.6 Å². The molecule has 3 heterocycles. The average molecular weight is 458 g/mol. The first-order chi connectivity index (χ1) is 16.0. The number of para-hydroxylation sites is 1. The predicted molar refractivity (Wildman–Crippen MR) is 121 cm³/mol. The van der Waals surface area contributed by atoms with Gasteiger partial charge in [0.15, 0.2) is 0 Å². The number of likely N-dealkylation sites (N-methyl/N-ethyl adjacent to an activating group) is 1. The van der Waals surface area contributed by atoms with Gasteiger partial charge in [0.1, 0.15) is 12.1 Å². The standard InChI is InChI=1S/C23H31N5O5/c1-25-16-18(33-23(31)28-9-5-6-10-28)15-19(21(29)24-32)20(25)22(30)27-13-11-26(12-14-27)17-7-3-2-4-8-17/h2-8,18-20,32H,9-16H2,1H3,(H,24,29). The molecule has 0 spiro atoms. The highest BCUT2D eigenvalue weighted by Crippen LogP contribution is 2.28. The first-order valence-electron chi connectivity index (χ1n) is 11.3. The molecule has 0 saturated carbocycles. The summed E-state index contributed by atoms with van der Waals surface area (Å²) in [5, 5.41) is 9.31. The van der Waals surface area contributed by atoms with Crippen molar-refractivity contribution in [1.82, 2.24) is 20.2 Å². The van der Waals surface area contributed by atoms with Gasteiger partial charge in [0.2, 0.25) is 11.8 Å². The minimum Gasteiger partial charge on any atom is -0.445 e. The Kier molecular flexibility index (Phi) is 7.14. The van der Waals surface area contributed by atoms with Gasteiger partial charge in [-0.15, -0.1) is 0 Å². The Bertz CT molecular complexity index is 878. The van der Waals surface area contributed by atoms with Gasteiger partial charge in [0.05, 0.1) is 5.92 Å². The van der Waals surface area contributed by atoms with Crippen LogP contribution in [0.5, 0.6) is 0 Å². The Hall–Kier alpha value is -3.11. The summed E-state index contributed by atoms with van der Waals surface area (Å²) < 4.78 is 5.62. The fourth-order valence-corrected chi connectivity index (χ4v) is 4.86. The molecule has 2 N–H and O–H groups in total. The Morgan fingerprint density at radius 1 is 1.00 bits per heavy atom. The van der Waals surface area contributed by atoms with E-state index in [0.29, 0.717) is 45.8 Å². The highest BCUT2D eigenvalue weighted by molar-refractivity contribution is 5.90. The van der Waals surface area contributed by atoms with Crippen LogP contribution in [0, 0.1) is 5.92 Å². The van der Waals surface area contributed by atoms with Crippen LogP contribution in [-0.2, 0) is 14.3 Å². The molecule has 4 rings (SSSR count). The quantitative estimate of drug-likeness (QED) is 0.386. The number of piperidine rings is 1. The fourth-order valence-electron chi connectivity index (χ4n) is 4.86. The van der Waals surface area contributed by atoms with Crippen LogP contribution in [-0.4, -0.2) is 103 Å². The molecule has 1 aromatic rings. The summed E-state index contributed by atoms with van der Waals surface area (Å²) >= 11 is 0. The SMILES string of the molecule is CN1CC(OC(=O)N2CC=CC2)CC(C(=O)NO)C1C(=O)N1CCN(c2ccccc2)CC1. The van der Waals surface area contributed by atoms with E-state index in [9.17, 15) is 19.6 Å². The maximum Gasteiger partial charge on any atom is 0.410 e. The number of hydrogen-bond donors (Lipinski definition) is 2. The highest BCUT2D eigenvalue weighted by atomic mass is 16.6. The van der Waals surface area contributed by atoms with E-state index in [2.05, 4.69) is 4.90 Å². The Morgan fingerprint density at radius 3 is 2.30 bits per heavy atom. The van der Waals surface area contributed by atoms with E-state index in [1.165, 1.54) is 0 Å². The molecule has 0 bridgehead atoms. The largest absolute Gasteiger partial charge is 0.445 e. The summed E-state index contributed by atoms with van der Waals surface area (Å²) in [6.45, 7) is 3.83. The number of carbonyl (C=O) groups is 3. The molecule has 3 aliphatic heterocycles. The second-order valence-corrected chi connectivity index (χ2v) is 8.73. The molecular weight excluding hydrogens is 426 g/mol. The number of piperazine rings is 1. The molecule has 3 unspecified atom stereocenters. The van der Waals surface area contributed by atoms with Crippen molar-refractivity contribution >= 4 is 23.6 Å². The van der Waals surface area contributed by atoms with Crippen LogP contribution >= 0.6 is 0 Å². The third kappa shape index (κ3) is 5.12. The third-order valence-electron chi connectivity index (χ3n) is 6.62. The Labute approximate surface area is 193 Å². The van der Waals surface area contributed by atoms with Crippen LogP contribution in [0.15, 0.2) is 42.5 Å². The minimum atomic E-state index is -0.831. The summed E-state index contributed by atoms with van der Waals surface area (Å²) in [5.74, 6) is -1.62. The lowest BCUT2D eigenvalue weighted by Crippen LogP contribution is -2.62. The molecule has 2 fully saturated rings. The number of rotatable bonds is 4. The Balaban J connectivity index is 1.40. The molecular formula is C23H31N5O5. The van der Waals surface area contributed by atoms with Crippen LogP contribution in [0.3, 0.4) is 0 Å². The molecule has 178 valence electrons. The smallest absolute Gasteiger partial charge is 0.410 e. The fraction of sp³-hybridized carbons (Fsp3) is 0.522. The molecule has 3 aliphatic rings. The summed E-state index contributed by atoms with van der Waals surface area (Å²) in [7, 11) is 1.75. The summed E-state index contributed by atoms with van der Waals surface area (Å²) in [6.07, 6.45) is 2.96. The van der Waals surface area contributed by atoms with E-state index < -0.39 is 30.1 Å². The maximum absolute atomic E-state index is 13.5. The summed E-state index contributed by atoms with van der Waals surface area (Å²) in [4.78, 5) is 45.7. The monoisotopic (exact) mass is 457 g/mol. The number of benzene rings is 1. The summed E-state index contributed by atoms with van der Waals surface area (Å²) in [5.41, 5.74) is 2.82. The number of amides is 3. The van der Waals surface area contributed by atoms with Crippen LogP contribution < -0.4 is 10.4 Å². The molecule has 33 heavy (non-hydrogen) atoms. The van der Waals surface area contributed by atoms with E-state index in [1.54, 1.807) is 27.2 Å². The van der Waals surface area contributed by atoms with Crippen molar-refractivity contribution < 1.29 is 24.3 Å². The normalized spacial score (nSPS) is 25.8. The number of likely N-dealkylation sites (tertiary alicyclic amines) is 1. The number of hydroxylamine groups is 1. The highest BCUT2D eigenvalue weighted by Gasteiger charge is 2.45. The van der Waals surface area contributed by atoms with Gasteiger partial charge in [0.25, 0.3) is 0 Å². The lowest BCUT2D eigenvalue weighted by molar-refractivity contribution is -0.152. The van der Waals surface area contributed by atoms with Gasteiger partial charge >= 0.3 is 6.09 Å². The average Bonchev–Trinajstić information content (AvgIpc) is 3.39. The van der Waals surface area contributed by atoms with Gasteiger partial charge < -0.3 is 19.4 Å². The van der Waals surface area contributed by atoms with E-state index in [-0.39, 0.29) is 12.3 Å². The van der Waals surface area contributed by atoms with Gasteiger partial charge in [-0.3, -0.25) is 19.7 Å². The third-order valence-corrected chi connectivity index (χ3v) is 6.62. The molecule has 0 radical (unpaired) electrons. The number of hydrogen-bond acceptors (Lipinski definition) is 7. The van der Waals surface area contributed by atoms with E-state index in [0.717, 1.165) is 5.69 Å². The van der Waals surface area contributed by atoms with Crippen molar-refractivity contribution in [2.75, 3.05) is 57.8 Å². The van der Waals surface area contributed by atoms with E-state index >= 15 is 0 Å². The molecule has 0 aromatic heterocycles. The molecule has 10 heteroatoms. The van der Waals surface area contributed by atoms with Crippen molar-refractivity contribution in [3.8, 4) is 0 Å².